The molecule has 0 saturated heterocycles. The Labute approximate surface area is 165 Å². The van der Waals surface area contributed by atoms with E-state index in [1.54, 1.807) is 57.7 Å². The van der Waals surface area contributed by atoms with Crippen LogP contribution in [-0.4, -0.2) is 34.2 Å². The average Bonchev–Trinajstić information content (AvgIpc) is 2.70. The normalized spacial score (nSPS) is 11.3. The number of ketones is 1. The van der Waals surface area contributed by atoms with Gasteiger partial charge in [-0.2, -0.15) is 0 Å². The maximum absolute atomic E-state index is 13.2. The molecule has 0 unspecified atom stereocenters. The van der Waals surface area contributed by atoms with Crippen LogP contribution >= 0.6 is 0 Å². The number of nitrogen functional groups attached to an aromatic ring is 1. The third-order valence-corrected chi connectivity index (χ3v) is 4.41. The molecule has 6 nitrogen and oxygen atoms in total. The fraction of sp³-hybridized carbons (Fsp3) is 0.318. The molecule has 0 aromatic heterocycles. The summed E-state index contributed by atoms with van der Waals surface area (Å²) in [6.45, 7) is 3.92. The summed E-state index contributed by atoms with van der Waals surface area (Å²) in [5.74, 6) is 1.99. The number of hydrogen-bond acceptors (Lipinski definition) is 6. The van der Waals surface area contributed by atoms with Crippen molar-refractivity contribution in [1.29, 1.82) is 0 Å². The molecule has 0 spiro atoms. The van der Waals surface area contributed by atoms with E-state index in [4.69, 9.17) is 24.7 Å². The molecule has 0 aliphatic heterocycles. The van der Waals surface area contributed by atoms with Crippen molar-refractivity contribution in [1.82, 2.24) is 0 Å². The zero-order chi connectivity index (χ0) is 20.8. The van der Waals surface area contributed by atoms with Gasteiger partial charge in [0.05, 0.1) is 34.1 Å². The summed E-state index contributed by atoms with van der Waals surface area (Å²) in [6.07, 6.45) is 1.81. The molecule has 2 aromatic rings. The van der Waals surface area contributed by atoms with Crippen LogP contribution in [0.1, 0.15) is 29.8 Å². The predicted octanol–water partition coefficient (Wildman–Crippen LogP) is 4.23. The Morgan fingerprint density at radius 2 is 1.61 bits per heavy atom. The van der Waals surface area contributed by atoms with Gasteiger partial charge in [-0.15, -0.1) is 0 Å². The summed E-state index contributed by atoms with van der Waals surface area (Å²) in [6, 6.07) is 8.55. The number of benzene rings is 2. The van der Waals surface area contributed by atoms with Crippen molar-refractivity contribution < 1.29 is 23.7 Å². The summed E-state index contributed by atoms with van der Waals surface area (Å²) in [4.78, 5) is 13.2. The standard InChI is InChI=1S/C22H27NO5/c1-13(2)17(21(24)14-7-8-18(23)19(11-14)26-4)10-15-9-16(25-3)12-20(27-5)22(15)28-6/h7-13H,23H2,1-6H3/b17-10+. The number of carbonyl (C=O) groups excluding carboxylic acids is 1. The molecule has 2 aromatic carbocycles. The molecule has 150 valence electrons. The predicted molar refractivity (Wildman–Crippen MR) is 111 cm³/mol. The third-order valence-electron chi connectivity index (χ3n) is 4.41. The first-order valence-electron chi connectivity index (χ1n) is 8.86. The van der Waals surface area contributed by atoms with Crippen molar-refractivity contribution in [2.45, 2.75) is 13.8 Å². The number of ether oxygens (including phenoxy) is 4. The molecule has 0 aliphatic rings. The van der Waals surface area contributed by atoms with E-state index in [0.29, 0.717) is 45.4 Å². The van der Waals surface area contributed by atoms with E-state index < -0.39 is 0 Å². The lowest BCUT2D eigenvalue weighted by molar-refractivity contribution is 0.102. The summed E-state index contributed by atoms with van der Waals surface area (Å²) >= 11 is 0. The van der Waals surface area contributed by atoms with E-state index >= 15 is 0 Å². The molecule has 2 N–H and O–H groups in total. The second kappa shape index (κ2) is 9.17. The molecule has 0 heterocycles. The van der Waals surface area contributed by atoms with Gasteiger partial charge in [0.15, 0.2) is 17.3 Å². The van der Waals surface area contributed by atoms with Gasteiger partial charge in [-0.3, -0.25) is 4.79 Å². The van der Waals surface area contributed by atoms with Crippen LogP contribution in [0.2, 0.25) is 0 Å². The first-order chi connectivity index (χ1) is 13.4. The number of hydrogen-bond donors (Lipinski definition) is 1. The van der Waals surface area contributed by atoms with Crippen LogP contribution in [0.3, 0.4) is 0 Å². The largest absolute Gasteiger partial charge is 0.497 e. The number of nitrogens with two attached hydrogens (primary N) is 1. The minimum absolute atomic E-state index is 0.0297. The average molecular weight is 385 g/mol. The summed E-state index contributed by atoms with van der Waals surface area (Å²) in [5, 5.41) is 0. The molecule has 0 fully saturated rings. The van der Waals surface area contributed by atoms with E-state index in [-0.39, 0.29) is 11.7 Å². The molecule has 2 rings (SSSR count). The Kier molecular flexibility index (Phi) is 6.93. The molecule has 0 aliphatic carbocycles. The highest BCUT2D eigenvalue weighted by Gasteiger charge is 2.20. The van der Waals surface area contributed by atoms with Crippen LogP contribution in [0, 0.1) is 5.92 Å². The Balaban J connectivity index is 2.60. The smallest absolute Gasteiger partial charge is 0.189 e. The van der Waals surface area contributed by atoms with Gasteiger partial charge in [0, 0.05) is 22.8 Å². The van der Waals surface area contributed by atoms with Crippen LogP contribution in [-0.2, 0) is 0 Å². The van der Waals surface area contributed by atoms with Crippen LogP contribution < -0.4 is 24.7 Å². The van der Waals surface area contributed by atoms with Gasteiger partial charge in [0.25, 0.3) is 0 Å². The lowest BCUT2D eigenvalue weighted by atomic mass is 9.92. The quantitative estimate of drug-likeness (QED) is 0.416. The molecule has 6 heteroatoms. The number of allylic oxidation sites excluding steroid dienone is 1. The van der Waals surface area contributed by atoms with Crippen molar-refractivity contribution in [3.63, 3.8) is 0 Å². The highest BCUT2D eigenvalue weighted by molar-refractivity contribution is 6.12. The van der Waals surface area contributed by atoms with E-state index in [1.807, 2.05) is 13.8 Å². The summed E-state index contributed by atoms with van der Waals surface area (Å²) < 4.78 is 21.5. The second-order valence-corrected chi connectivity index (χ2v) is 6.49. The Morgan fingerprint density at radius 1 is 0.929 bits per heavy atom. The molecule has 0 saturated carbocycles. The number of methoxy groups -OCH3 is 4. The molecule has 28 heavy (non-hydrogen) atoms. The first-order valence-corrected chi connectivity index (χ1v) is 8.86. The zero-order valence-corrected chi connectivity index (χ0v) is 17.2. The lowest BCUT2D eigenvalue weighted by Crippen LogP contribution is -2.10. The molecule has 0 amide bonds. The molecule has 0 radical (unpaired) electrons. The van der Waals surface area contributed by atoms with Crippen molar-refractivity contribution in [2.24, 2.45) is 5.92 Å². The maximum Gasteiger partial charge on any atom is 0.189 e. The zero-order valence-electron chi connectivity index (χ0n) is 17.2. The van der Waals surface area contributed by atoms with Crippen LogP contribution in [0.4, 0.5) is 5.69 Å². The minimum atomic E-state index is -0.114. The fourth-order valence-electron chi connectivity index (χ4n) is 2.87. The Bertz CT molecular complexity index is 887. The molecule has 0 atom stereocenters. The monoisotopic (exact) mass is 385 g/mol. The van der Waals surface area contributed by atoms with E-state index in [1.165, 1.54) is 7.11 Å². The lowest BCUT2D eigenvalue weighted by Gasteiger charge is -2.16. The van der Waals surface area contributed by atoms with Crippen molar-refractivity contribution in [3.8, 4) is 23.0 Å². The number of carbonyl (C=O) groups is 1. The third kappa shape index (κ3) is 4.39. The topological polar surface area (TPSA) is 80.0 Å². The van der Waals surface area contributed by atoms with Gasteiger partial charge < -0.3 is 24.7 Å². The van der Waals surface area contributed by atoms with E-state index in [2.05, 4.69) is 0 Å². The number of rotatable bonds is 8. The fourth-order valence-corrected chi connectivity index (χ4v) is 2.87. The van der Waals surface area contributed by atoms with Crippen LogP contribution in [0.5, 0.6) is 23.0 Å². The van der Waals surface area contributed by atoms with E-state index in [0.717, 1.165) is 0 Å². The first kappa shape index (κ1) is 21.2. The maximum atomic E-state index is 13.2. The minimum Gasteiger partial charge on any atom is -0.497 e. The van der Waals surface area contributed by atoms with Crippen molar-refractivity contribution in [3.05, 3.63) is 47.0 Å². The van der Waals surface area contributed by atoms with Gasteiger partial charge in [0.1, 0.15) is 11.5 Å². The van der Waals surface area contributed by atoms with Crippen LogP contribution in [0.15, 0.2) is 35.9 Å². The van der Waals surface area contributed by atoms with Gasteiger partial charge in [-0.05, 0) is 36.3 Å². The van der Waals surface area contributed by atoms with E-state index in [9.17, 15) is 4.79 Å². The van der Waals surface area contributed by atoms with Gasteiger partial charge in [-0.1, -0.05) is 13.8 Å². The second-order valence-electron chi connectivity index (χ2n) is 6.49. The van der Waals surface area contributed by atoms with Crippen molar-refractivity contribution >= 4 is 17.5 Å². The molecule has 0 bridgehead atoms. The number of anilines is 1. The highest BCUT2D eigenvalue weighted by atomic mass is 16.5. The SMILES string of the molecule is COc1cc(/C=C(/C(=O)c2ccc(N)c(OC)c2)C(C)C)c(OC)c(OC)c1. The Morgan fingerprint density at radius 3 is 2.14 bits per heavy atom. The summed E-state index contributed by atoms with van der Waals surface area (Å²) in [7, 11) is 6.21. The van der Waals surface area contributed by atoms with Crippen molar-refractivity contribution in [2.75, 3.05) is 34.2 Å². The van der Waals surface area contributed by atoms with Gasteiger partial charge in [-0.25, -0.2) is 0 Å². The molecular formula is C22H27NO5. The van der Waals surface area contributed by atoms with Gasteiger partial charge in [0.2, 0.25) is 0 Å². The Hall–Kier alpha value is -3.15. The molecular weight excluding hydrogens is 358 g/mol. The van der Waals surface area contributed by atoms with Crippen LogP contribution in [0.25, 0.3) is 6.08 Å². The number of Topliss-reactive ketones (excluding diaryl/α,β-unsaturated/α-hetero) is 1. The van der Waals surface area contributed by atoms with Gasteiger partial charge >= 0.3 is 0 Å². The summed E-state index contributed by atoms with van der Waals surface area (Å²) in [5.41, 5.74) is 8.15. The highest BCUT2D eigenvalue weighted by Crippen LogP contribution is 2.38.